The van der Waals surface area contributed by atoms with Gasteiger partial charge in [0.05, 0.1) is 9.65 Å². The van der Waals surface area contributed by atoms with Gasteiger partial charge in [0.25, 0.3) is 0 Å². The Labute approximate surface area is 137 Å². The second kappa shape index (κ2) is 6.82. The molecule has 0 amide bonds. The Hall–Kier alpha value is -0.450. The standard InChI is InChI=1S/C15H11Br3O/c16-12-9-5-4-8-11(12)13(17)14(18)15(19)10-6-2-1-3-7-10/h1-9,13-14H. The summed E-state index contributed by atoms with van der Waals surface area (Å²) in [4.78, 5) is 12.0. The fourth-order valence-corrected chi connectivity index (χ4v) is 3.78. The number of ketones is 1. The first-order valence-corrected chi connectivity index (χ1v) is 8.35. The van der Waals surface area contributed by atoms with Crippen LogP contribution in [0.3, 0.4) is 0 Å². The van der Waals surface area contributed by atoms with Gasteiger partial charge in [-0.1, -0.05) is 96.3 Å². The number of hydrogen-bond acceptors (Lipinski definition) is 1. The van der Waals surface area contributed by atoms with E-state index in [1.165, 1.54) is 0 Å². The topological polar surface area (TPSA) is 17.1 Å². The number of hydrogen-bond donors (Lipinski definition) is 0. The quantitative estimate of drug-likeness (QED) is 0.445. The second-order valence-electron chi connectivity index (χ2n) is 4.06. The number of carbonyl (C=O) groups is 1. The molecule has 0 bridgehead atoms. The second-order valence-corrected chi connectivity index (χ2v) is 6.88. The van der Waals surface area contributed by atoms with E-state index in [1.54, 1.807) is 0 Å². The average molecular weight is 447 g/mol. The lowest BCUT2D eigenvalue weighted by molar-refractivity contribution is 0.0991. The van der Waals surface area contributed by atoms with Crippen molar-refractivity contribution in [2.45, 2.75) is 9.65 Å². The monoisotopic (exact) mass is 444 g/mol. The summed E-state index contributed by atoms with van der Waals surface area (Å²) >= 11 is 10.6. The molecule has 0 aliphatic carbocycles. The van der Waals surface area contributed by atoms with Gasteiger partial charge in [-0.15, -0.1) is 0 Å². The summed E-state index contributed by atoms with van der Waals surface area (Å²) in [5.74, 6) is 0.0678. The van der Waals surface area contributed by atoms with Crippen molar-refractivity contribution < 1.29 is 4.79 Å². The van der Waals surface area contributed by atoms with Crippen LogP contribution in [0.4, 0.5) is 0 Å². The molecule has 0 aromatic heterocycles. The maximum Gasteiger partial charge on any atom is 0.177 e. The Balaban J connectivity index is 2.23. The Bertz CT molecular complexity index is 569. The van der Waals surface area contributed by atoms with Crippen LogP contribution in [0.25, 0.3) is 0 Å². The number of alkyl halides is 2. The van der Waals surface area contributed by atoms with Gasteiger partial charge >= 0.3 is 0 Å². The molecule has 0 heterocycles. The Morgan fingerprint density at radius 1 is 0.895 bits per heavy atom. The summed E-state index contributed by atoms with van der Waals surface area (Å²) in [5.41, 5.74) is 1.76. The Morgan fingerprint density at radius 2 is 1.47 bits per heavy atom. The zero-order valence-electron chi connectivity index (χ0n) is 9.89. The van der Waals surface area contributed by atoms with E-state index in [-0.39, 0.29) is 15.4 Å². The van der Waals surface area contributed by atoms with Crippen molar-refractivity contribution >= 4 is 53.6 Å². The largest absolute Gasteiger partial charge is 0.293 e. The van der Waals surface area contributed by atoms with Crippen molar-refractivity contribution in [1.29, 1.82) is 0 Å². The van der Waals surface area contributed by atoms with Crippen LogP contribution < -0.4 is 0 Å². The van der Waals surface area contributed by atoms with Crippen molar-refractivity contribution in [3.63, 3.8) is 0 Å². The molecular weight excluding hydrogens is 436 g/mol. The van der Waals surface area contributed by atoms with Gasteiger partial charge in [0.15, 0.2) is 5.78 Å². The summed E-state index contributed by atoms with van der Waals surface area (Å²) in [6.07, 6.45) is 0. The molecule has 2 rings (SSSR count). The first-order valence-electron chi connectivity index (χ1n) is 5.73. The first-order chi connectivity index (χ1) is 9.11. The SMILES string of the molecule is O=C(c1ccccc1)C(Br)C(Br)c1ccccc1Br. The van der Waals surface area contributed by atoms with Crippen LogP contribution in [0.2, 0.25) is 0 Å². The summed E-state index contributed by atoms with van der Waals surface area (Å²) in [5, 5.41) is 0. The van der Waals surface area contributed by atoms with Crippen molar-refractivity contribution in [2.24, 2.45) is 0 Å². The maximum atomic E-state index is 12.4. The minimum Gasteiger partial charge on any atom is -0.293 e. The van der Waals surface area contributed by atoms with E-state index >= 15 is 0 Å². The highest BCUT2D eigenvalue weighted by molar-refractivity contribution is 9.12. The summed E-state index contributed by atoms with van der Waals surface area (Å²) in [6.45, 7) is 0. The van der Waals surface area contributed by atoms with Crippen LogP contribution in [0, 0.1) is 0 Å². The molecule has 4 heteroatoms. The smallest absolute Gasteiger partial charge is 0.177 e. The third-order valence-electron chi connectivity index (χ3n) is 2.77. The minimum absolute atomic E-state index is 0.0678. The molecule has 2 aromatic carbocycles. The van der Waals surface area contributed by atoms with E-state index in [1.807, 2.05) is 54.6 Å². The number of benzene rings is 2. The number of Topliss-reactive ketones (excluding diaryl/α,β-unsaturated/α-hetero) is 1. The van der Waals surface area contributed by atoms with Crippen molar-refractivity contribution in [3.8, 4) is 0 Å². The lowest BCUT2D eigenvalue weighted by Crippen LogP contribution is -2.19. The number of rotatable bonds is 4. The average Bonchev–Trinajstić information content (AvgIpc) is 2.46. The summed E-state index contributed by atoms with van der Waals surface area (Å²) in [6, 6.07) is 17.2. The molecule has 1 nitrogen and oxygen atoms in total. The molecule has 0 saturated heterocycles. The fourth-order valence-electron chi connectivity index (χ4n) is 1.75. The first kappa shape index (κ1) is 14.9. The zero-order chi connectivity index (χ0) is 13.8. The molecule has 0 spiro atoms. The highest BCUT2D eigenvalue weighted by Crippen LogP contribution is 2.36. The third kappa shape index (κ3) is 3.56. The Kier molecular flexibility index (Phi) is 5.37. The molecule has 0 saturated carbocycles. The zero-order valence-corrected chi connectivity index (χ0v) is 14.7. The lowest BCUT2D eigenvalue weighted by Gasteiger charge is -2.17. The van der Waals surface area contributed by atoms with Crippen LogP contribution in [0.1, 0.15) is 20.7 Å². The van der Waals surface area contributed by atoms with Crippen LogP contribution in [-0.2, 0) is 0 Å². The van der Waals surface area contributed by atoms with Gasteiger partial charge in [-0.05, 0) is 11.6 Å². The summed E-state index contributed by atoms with van der Waals surface area (Å²) in [7, 11) is 0. The molecule has 2 aromatic rings. The van der Waals surface area contributed by atoms with E-state index in [0.717, 1.165) is 10.0 Å². The predicted octanol–water partition coefficient (Wildman–Crippen LogP) is 5.53. The summed E-state index contributed by atoms with van der Waals surface area (Å²) < 4.78 is 0.988. The van der Waals surface area contributed by atoms with Gasteiger partial charge in [-0.25, -0.2) is 0 Å². The fraction of sp³-hybridized carbons (Fsp3) is 0.133. The lowest BCUT2D eigenvalue weighted by atomic mass is 10.0. The molecule has 0 N–H and O–H groups in total. The third-order valence-corrected chi connectivity index (χ3v) is 6.17. The van der Waals surface area contributed by atoms with Crippen molar-refractivity contribution in [1.82, 2.24) is 0 Å². The van der Waals surface area contributed by atoms with E-state index in [9.17, 15) is 4.79 Å². The number of halogens is 3. The molecule has 2 unspecified atom stereocenters. The van der Waals surface area contributed by atoms with Gasteiger partial charge in [0.1, 0.15) is 0 Å². The van der Waals surface area contributed by atoms with E-state index in [2.05, 4.69) is 47.8 Å². The molecule has 0 aliphatic rings. The van der Waals surface area contributed by atoms with Gasteiger partial charge in [0, 0.05) is 10.0 Å². The highest BCUT2D eigenvalue weighted by atomic mass is 79.9. The van der Waals surface area contributed by atoms with Crippen molar-refractivity contribution in [3.05, 3.63) is 70.2 Å². The highest BCUT2D eigenvalue weighted by Gasteiger charge is 2.26. The number of carbonyl (C=O) groups excluding carboxylic acids is 1. The van der Waals surface area contributed by atoms with E-state index in [0.29, 0.717) is 5.56 Å². The van der Waals surface area contributed by atoms with Crippen LogP contribution in [-0.4, -0.2) is 10.6 Å². The van der Waals surface area contributed by atoms with Gasteiger partial charge in [-0.2, -0.15) is 0 Å². The van der Waals surface area contributed by atoms with E-state index in [4.69, 9.17) is 0 Å². The molecule has 0 aliphatic heterocycles. The maximum absolute atomic E-state index is 12.4. The molecule has 2 atom stereocenters. The van der Waals surface area contributed by atoms with E-state index < -0.39 is 0 Å². The van der Waals surface area contributed by atoms with Crippen LogP contribution in [0.5, 0.6) is 0 Å². The molecule has 0 radical (unpaired) electrons. The Morgan fingerprint density at radius 3 is 2.11 bits per heavy atom. The van der Waals surface area contributed by atoms with Gasteiger partial charge in [-0.3, -0.25) is 4.79 Å². The van der Waals surface area contributed by atoms with Gasteiger partial charge in [0.2, 0.25) is 0 Å². The van der Waals surface area contributed by atoms with Gasteiger partial charge < -0.3 is 0 Å². The van der Waals surface area contributed by atoms with Crippen molar-refractivity contribution in [2.75, 3.05) is 0 Å². The van der Waals surface area contributed by atoms with Crippen LogP contribution >= 0.6 is 47.8 Å². The normalized spacial score (nSPS) is 13.8. The molecular formula is C15H11Br3O. The minimum atomic E-state index is -0.311. The predicted molar refractivity (Wildman–Crippen MR) is 89.3 cm³/mol. The molecule has 0 fully saturated rings. The molecule has 19 heavy (non-hydrogen) atoms. The molecule has 98 valence electrons. The van der Waals surface area contributed by atoms with Crippen LogP contribution in [0.15, 0.2) is 59.1 Å².